The molecule has 0 unspecified atom stereocenters. The maximum Gasteiger partial charge on any atom is 0.337 e. The van der Waals surface area contributed by atoms with Crippen molar-refractivity contribution < 1.29 is 17.6 Å². The number of aromatic nitrogens is 2. The molecule has 2 aromatic carbocycles. The van der Waals surface area contributed by atoms with Crippen LogP contribution in [0.15, 0.2) is 52.3 Å². The summed E-state index contributed by atoms with van der Waals surface area (Å²) in [6.07, 6.45) is 0. The highest BCUT2D eigenvalue weighted by atomic mass is 32.1. The highest BCUT2D eigenvalue weighted by molar-refractivity contribution is 7.02. The van der Waals surface area contributed by atoms with Crippen LogP contribution in [-0.2, 0) is 12.5 Å². The van der Waals surface area contributed by atoms with Crippen LogP contribution in [0.25, 0.3) is 0 Å². The molecule has 1 heterocycles. The van der Waals surface area contributed by atoms with Crippen molar-refractivity contribution in [3.8, 4) is 0 Å². The minimum Gasteiger partial charge on any atom is -0.263 e. The molecule has 0 spiro atoms. The molecular formula is C17H13F4N3OS. The molecule has 0 fully saturated rings. The third-order valence-electron chi connectivity index (χ3n) is 3.63. The second-order valence-electron chi connectivity index (χ2n) is 5.67. The predicted octanol–water partition coefficient (Wildman–Crippen LogP) is 3.91. The fourth-order valence-corrected chi connectivity index (χ4v) is 2.97. The first kappa shape index (κ1) is 18.1. The lowest BCUT2D eigenvalue weighted by molar-refractivity contribution is 0.0175. The van der Waals surface area contributed by atoms with Crippen molar-refractivity contribution >= 4 is 17.2 Å². The average Bonchev–Trinajstić information content (AvgIpc) is 2.91. The van der Waals surface area contributed by atoms with Crippen molar-refractivity contribution in [1.29, 1.82) is 0 Å². The van der Waals surface area contributed by atoms with E-state index in [1.807, 2.05) is 0 Å². The van der Waals surface area contributed by atoms with Gasteiger partial charge in [-0.3, -0.25) is 8.94 Å². The Balaban J connectivity index is 1.95. The van der Waals surface area contributed by atoms with Gasteiger partial charge in [0, 0.05) is 12.5 Å². The van der Waals surface area contributed by atoms with Crippen LogP contribution in [0.1, 0.15) is 18.1 Å². The number of alkyl halides is 2. The van der Waals surface area contributed by atoms with Crippen molar-refractivity contribution in [3.63, 3.8) is 0 Å². The lowest BCUT2D eigenvalue weighted by Gasteiger charge is -2.09. The summed E-state index contributed by atoms with van der Waals surface area (Å²) in [4.78, 5) is 16.5. The summed E-state index contributed by atoms with van der Waals surface area (Å²) in [5.74, 6) is -4.94. The third kappa shape index (κ3) is 3.93. The summed E-state index contributed by atoms with van der Waals surface area (Å²) in [6, 6.07) is 8.69. The minimum atomic E-state index is -2.95. The molecule has 3 aromatic rings. The second-order valence-corrected chi connectivity index (χ2v) is 6.45. The molecule has 136 valence electrons. The molecule has 4 nitrogen and oxygen atoms in total. The van der Waals surface area contributed by atoms with Crippen LogP contribution in [-0.4, -0.2) is 8.94 Å². The van der Waals surface area contributed by atoms with Gasteiger partial charge in [0.15, 0.2) is 11.6 Å². The van der Waals surface area contributed by atoms with Crippen molar-refractivity contribution in [2.75, 3.05) is 0 Å². The van der Waals surface area contributed by atoms with Crippen LogP contribution >= 0.6 is 11.5 Å². The molecular weight excluding hydrogens is 370 g/mol. The maximum absolute atomic E-state index is 13.3. The monoisotopic (exact) mass is 383 g/mol. The lowest BCUT2D eigenvalue weighted by Crippen LogP contribution is -2.27. The summed E-state index contributed by atoms with van der Waals surface area (Å²) < 4.78 is 56.6. The van der Waals surface area contributed by atoms with E-state index in [2.05, 4.69) is 9.37 Å². The Morgan fingerprint density at radius 3 is 2.42 bits per heavy atom. The molecule has 3 rings (SSSR count). The molecule has 0 saturated heterocycles. The Hall–Kier alpha value is -2.68. The fraction of sp³-hybridized carbons (Fsp3) is 0.176. The van der Waals surface area contributed by atoms with Gasteiger partial charge in [0.05, 0.1) is 12.2 Å². The standard InChI is InChI=1S/C17H13F4N3OS/c1-17(20,21)11-3-5-12(6-4-11)22-16-24(15(25)23-26-16)9-10-2-7-13(18)14(19)8-10/h2-8H,9H2,1H3,(H,23,25)/b22-16-. The highest BCUT2D eigenvalue weighted by Gasteiger charge is 2.23. The summed E-state index contributed by atoms with van der Waals surface area (Å²) in [6.45, 7) is 0.785. The number of nitrogens with one attached hydrogen (secondary N) is 1. The zero-order valence-corrected chi connectivity index (χ0v) is 14.3. The van der Waals surface area contributed by atoms with Crippen molar-refractivity contribution in [1.82, 2.24) is 8.94 Å². The lowest BCUT2D eigenvalue weighted by atomic mass is 10.1. The summed E-state index contributed by atoms with van der Waals surface area (Å²) in [5.41, 5.74) is 0.158. The first-order valence-corrected chi connectivity index (χ1v) is 8.31. The molecule has 0 aliphatic carbocycles. The molecule has 9 heteroatoms. The Labute approximate surface area is 149 Å². The van der Waals surface area contributed by atoms with Crippen molar-refractivity contribution in [2.24, 2.45) is 4.99 Å². The number of nitrogens with zero attached hydrogens (tertiary/aromatic N) is 2. The molecule has 26 heavy (non-hydrogen) atoms. The van der Waals surface area contributed by atoms with Gasteiger partial charge in [0.2, 0.25) is 4.80 Å². The molecule has 1 aromatic heterocycles. The van der Waals surface area contributed by atoms with Gasteiger partial charge >= 0.3 is 5.69 Å². The Kier molecular flexibility index (Phi) is 4.82. The summed E-state index contributed by atoms with van der Waals surface area (Å²) in [5, 5.41) is 0. The maximum atomic E-state index is 13.3. The van der Waals surface area contributed by atoms with E-state index in [-0.39, 0.29) is 16.9 Å². The van der Waals surface area contributed by atoms with E-state index in [1.165, 1.54) is 34.9 Å². The first-order valence-electron chi connectivity index (χ1n) is 7.49. The number of benzene rings is 2. The van der Waals surface area contributed by atoms with Crippen LogP contribution in [0, 0.1) is 11.6 Å². The molecule has 0 bridgehead atoms. The number of halogens is 4. The van der Waals surface area contributed by atoms with Crippen molar-refractivity contribution in [2.45, 2.75) is 19.4 Å². The SMILES string of the molecule is CC(F)(F)c1ccc(/N=c2\s[nH]c(=O)n2Cc2ccc(F)c(F)c2)cc1. The number of hydrogen-bond acceptors (Lipinski definition) is 3. The molecule has 0 saturated carbocycles. The van der Waals surface area contributed by atoms with Gasteiger partial charge in [-0.15, -0.1) is 0 Å². The highest BCUT2D eigenvalue weighted by Crippen LogP contribution is 2.28. The molecule has 0 radical (unpaired) electrons. The topological polar surface area (TPSA) is 50.1 Å². The van der Waals surface area contributed by atoms with E-state index >= 15 is 0 Å². The zero-order valence-electron chi connectivity index (χ0n) is 13.5. The Bertz CT molecular complexity index is 1050. The van der Waals surface area contributed by atoms with Gasteiger partial charge in [-0.1, -0.05) is 18.2 Å². The number of hydrogen-bond donors (Lipinski definition) is 1. The van der Waals surface area contributed by atoms with Gasteiger partial charge in [-0.05, 0) is 41.4 Å². The zero-order chi connectivity index (χ0) is 18.9. The molecule has 0 aliphatic rings. The van der Waals surface area contributed by atoms with Crippen LogP contribution < -0.4 is 10.5 Å². The van der Waals surface area contributed by atoms with E-state index in [0.29, 0.717) is 11.3 Å². The van der Waals surface area contributed by atoms with Gasteiger partial charge in [0.25, 0.3) is 5.92 Å². The Morgan fingerprint density at radius 1 is 1.12 bits per heavy atom. The van der Waals surface area contributed by atoms with Gasteiger partial charge in [-0.25, -0.2) is 27.3 Å². The van der Waals surface area contributed by atoms with E-state index in [0.717, 1.165) is 30.6 Å². The van der Waals surface area contributed by atoms with Crippen LogP contribution in [0.5, 0.6) is 0 Å². The Morgan fingerprint density at radius 2 is 1.81 bits per heavy atom. The fourth-order valence-electron chi connectivity index (χ4n) is 2.27. The van der Waals surface area contributed by atoms with E-state index in [4.69, 9.17) is 0 Å². The number of H-pyrrole nitrogens is 1. The second kappa shape index (κ2) is 6.91. The normalized spacial score (nSPS) is 12.6. The molecule has 0 amide bonds. The minimum absolute atomic E-state index is 0.0139. The van der Waals surface area contributed by atoms with Crippen LogP contribution in [0.4, 0.5) is 23.2 Å². The average molecular weight is 383 g/mol. The van der Waals surface area contributed by atoms with Gasteiger partial charge in [-0.2, -0.15) is 0 Å². The molecule has 1 N–H and O–H groups in total. The summed E-state index contributed by atoms with van der Waals surface area (Å²) in [7, 11) is 0. The van der Waals surface area contributed by atoms with E-state index in [9.17, 15) is 22.4 Å². The van der Waals surface area contributed by atoms with E-state index < -0.39 is 23.2 Å². The number of aromatic amines is 1. The largest absolute Gasteiger partial charge is 0.337 e. The van der Waals surface area contributed by atoms with Gasteiger partial charge < -0.3 is 0 Å². The first-order chi connectivity index (χ1) is 12.2. The summed E-state index contributed by atoms with van der Waals surface area (Å²) >= 11 is 0.950. The molecule has 0 atom stereocenters. The smallest absolute Gasteiger partial charge is 0.263 e. The van der Waals surface area contributed by atoms with Crippen LogP contribution in [0.2, 0.25) is 0 Å². The quantitative estimate of drug-likeness (QED) is 0.683. The third-order valence-corrected chi connectivity index (χ3v) is 4.40. The van der Waals surface area contributed by atoms with Gasteiger partial charge in [0.1, 0.15) is 0 Å². The number of rotatable bonds is 4. The van der Waals surface area contributed by atoms with Crippen LogP contribution in [0.3, 0.4) is 0 Å². The van der Waals surface area contributed by atoms with E-state index in [1.54, 1.807) is 0 Å². The van der Waals surface area contributed by atoms with Crippen molar-refractivity contribution in [3.05, 3.63) is 80.5 Å². The molecule has 0 aliphatic heterocycles. The predicted molar refractivity (Wildman–Crippen MR) is 89.6 cm³/mol.